The minimum Gasteiger partial charge on any atom is -0.357 e. The summed E-state index contributed by atoms with van der Waals surface area (Å²) < 4.78 is 63.3. The van der Waals surface area contributed by atoms with Crippen LogP contribution in [0.4, 0.5) is 13.2 Å². The molecular formula is C19H30F3IN4O2S. The van der Waals surface area contributed by atoms with Gasteiger partial charge in [0.25, 0.3) is 0 Å². The lowest BCUT2D eigenvalue weighted by molar-refractivity contribution is -0.181. The number of piperazine rings is 1. The normalized spacial score (nSPS) is 17.4. The Labute approximate surface area is 193 Å². The van der Waals surface area contributed by atoms with Crippen LogP contribution in [0.2, 0.25) is 0 Å². The molecule has 0 aliphatic carbocycles. The summed E-state index contributed by atoms with van der Waals surface area (Å²) in [6, 6.07) is 6.82. The molecule has 172 valence electrons. The summed E-state index contributed by atoms with van der Waals surface area (Å²) in [6.45, 7) is 5.53. The Kier molecular flexibility index (Phi) is 10.9. The SMILES string of the molecule is CCNC(=NCCCS(=O)(=O)c1ccccc1)N1CCN(C(C)C(F)(F)F)CC1.I. The average molecular weight is 562 g/mol. The largest absolute Gasteiger partial charge is 0.403 e. The van der Waals surface area contributed by atoms with Crippen LogP contribution in [0.1, 0.15) is 20.3 Å². The number of aliphatic imine (C=N–C) groups is 1. The lowest BCUT2D eigenvalue weighted by Crippen LogP contribution is -2.56. The molecule has 1 atom stereocenters. The van der Waals surface area contributed by atoms with E-state index in [0.29, 0.717) is 56.5 Å². The smallest absolute Gasteiger partial charge is 0.357 e. The standard InChI is InChI=1S/C19H29F3N4O2S.HI/c1-3-23-18(26-13-11-25(12-14-26)16(2)19(20,21)22)24-10-7-15-29(27,28)17-8-5-4-6-9-17;/h4-6,8-9,16H,3,7,10-15H2,1-2H3,(H,23,24);1H. The number of nitrogens with zero attached hydrogens (tertiary/aromatic N) is 3. The zero-order chi connectivity index (χ0) is 21.5. The highest BCUT2D eigenvalue weighted by Gasteiger charge is 2.41. The third-order valence-corrected chi connectivity index (χ3v) is 6.72. The van der Waals surface area contributed by atoms with Gasteiger partial charge >= 0.3 is 6.18 Å². The van der Waals surface area contributed by atoms with Gasteiger partial charge in [-0.1, -0.05) is 18.2 Å². The van der Waals surface area contributed by atoms with Crippen molar-refractivity contribution in [3.8, 4) is 0 Å². The van der Waals surface area contributed by atoms with E-state index in [0.717, 1.165) is 0 Å². The van der Waals surface area contributed by atoms with E-state index in [4.69, 9.17) is 0 Å². The van der Waals surface area contributed by atoms with Gasteiger partial charge in [-0.3, -0.25) is 9.89 Å². The van der Waals surface area contributed by atoms with E-state index < -0.39 is 22.1 Å². The first-order chi connectivity index (χ1) is 13.6. The maximum absolute atomic E-state index is 12.9. The van der Waals surface area contributed by atoms with Gasteiger partial charge in [-0.05, 0) is 32.4 Å². The monoisotopic (exact) mass is 562 g/mol. The Morgan fingerprint density at radius 3 is 2.30 bits per heavy atom. The van der Waals surface area contributed by atoms with Crippen molar-refractivity contribution in [2.75, 3.05) is 45.0 Å². The number of alkyl halides is 3. The molecule has 0 radical (unpaired) electrons. The molecule has 0 bridgehead atoms. The van der Waals surface area contributed by atoms with E-state index >= 15 is 0 Å². The molecule has 1 heterocycles. The number of guanidine groups is 1. The highest BCUT2D eigenvalue weighted by Crippen LogP contribution is 2.25. The predicted octanol–water partition coefficient (Wildman–Crippen LogP) is 3.00. The minimum atomic E-state index is -4.23. The van der Waals surface area contributed by atoms with Crippen molar-refractivity contribution in [1.29, 1.82) is 0 Å². The van der Waals surface area contributed by atoms with E-state index in [-0.39, 0.29) is 29.7 Å². The number of sulfone groups is 1. The molecule has 11 heteroatoms. The molecular weight excluding hydrogens is 532 g/mol. The maximum atomic E-state index is 12.9. The van der Waals surface area contributed by atoms with Crippen molar-refractivity contribution < 1.29 is 21.6 Å². The van der Waals surface area contributed by atoms with E-state index in [1.165, 1.54) is 11.8 Å². The topological polar surface area (TPSA) is 65.0 Å². The molecule has 1 aliphatic rings. The molecule has 1 aromatic rings. The number of halogens is 4. The predicted molar refractivity (Wildman–Crippen MR) is 123 cm³/mol. The fourth-order valence-corrected chi connectivity index (χ4v) is 4.46. The Morgan fingerprint density at radius 1 is 1.17 bits per heavy atom. The van der Waals surface area contributed by atoms with Gasteiger partial charge in [-0.25, -0.2) is 8.42 Å². The molecule has 0 spiro atoms. The summed E-state index contributed by atoms with van der Waals surface area (Å²) in [5.74, 6) is 0.612. The summed E-state index contributed by atoms with van der Waals surface area (Å²) >= 11 is 0. The molecule has 6 nitrogen and oxygen atoms in total. The Bertz CT molecular complexity index is 768. The molecule has 1 saturated heterocycles. The van der Waals surface area contributed by atoms with E-state index in [2.05, 4.69) is 10.3 Å². The zero-order valence-electron chi connectivity index (χ0n) is 17.2. The highest BCUT2D eigenvalue weighted by atomic mass is 127. The van der Waals surface area contributed by atoms with E-state index in [1.54, 1.807) is 30.3 Å². The van der Waals surface area contributed by atoms with Crippen LogP contribution in [0.5, 0.6) is 0 Å². The number of rotatable bonds is 7. The Balaban J connectivity index is 0.00000450. The van der Waals surface area contributed by atoms with Crippen LogP contribution < -0.4 is 5.32 Å². The minimum absolute atomic E-state index is 0. The lowest BCUT2D eigenvalue weighted by Gasteiger charge is -2.39. The van der Waals surface area contributed by atoms with Gasteiger partial charge < -0.3 is 10.2 Å². The molecule has 1 N–H and O–H groups in total. The Hall–Kier alpha value is -1.08. The molecule has 1 unspecified atom stereocenters. The summed E-state index contributed by atoms with van der Waals surface area (Å²) in [6.07, 6.45) is -3.86. The van der Waals surface area contributed by atoms with Crippen LogP contribution in [-0.2, 0) is 9.84 Å². The first-order valence-corrected chi connectivity index (χ1v) is 11.4. The summed E-state index contributed by atoms with van der Waals surface area (Å²) in [4.78, 5) is 8.12. The van der Waals surface area contributed by atoms with Gasteiger partial charge in [-0.2, -0.15) is 13.2 Å². The molecule has 1 aromatic carbocycles. The lowest BCUT2D eigenvalue weighted by atomic mass is 10.2. The molecule has 1 fully saturated rings. The second-order valence-electron chi connectivity index (χ2n) is 6.96. The number of hydrogen-bond donors (Lipinski definition) is 1. The number of hydrogen-bond acceptors (Lipinski definition) is 4. The fourth-order valence-electron chi connectivity index (χ4n) is 3.14. The van der Waals surface area contributed by atoms with Crippen molar-refractivity contribution in [3.63, 3.8) is 0 Å². The van der Waals surface area contributed by atoms with Crippen molar-refractivity contribution in [3.05, 3.63) is 30.3 Å². The van der Waals surface area contributed by atoms with Gasteiger partial charge in [0.05, 0.1) is 10.6 Å². The van der Waals surface area contributed by atoms with Crippen LogP contribution in [0.15, 0.2) is 40.2 Å². The van der Waals surface area contributed by atoms with Crippen LogP contribution in [-0.4, -0.2) is 81.4 Å². The molecule has 1 aliphatic heterocycles. The van der Waals surface area contributed by atoms with Crippen molar-refractivity contribution in [1.82, 2.24) is 15.1 Å². The third kappa shape index (κ3) is 7.88. The van der Waals surface area contributed by atoms with E-state index in [1.807, 2.05) is 11.8 Å². The van der Waals surface area contributed by atoms with Gasteiger partial charge in [-0.15, -0.1) is 24.0 Å². The quantitative estimate of drug-likeness (QED) is 0.240. The zero-order valence-corrected chi connectivity index (χ0v) is 20.4. The van der Waals surface area contributed by atoms with Crippen molar-refractivity contribution in [2.24, 2.45) is 4.99 Å². The fraction of sp³-hybridized carbons (Fsp3) is 0.632. The molecule has 2 rings (SSSR count). The van der Waals surface area contributed by atoms with Crippen LogP contribution in [0, 0.1) is 0 Å². The second kappa shape index (κ2) is 12.1. The Morgan fingerprint density at radius 2 is 1.77 bits per heavy atom. The van der Waals surface area contributed by atoms with Gasteiger partial charge in [0.15, 0.2) is 15.8 Å². The average Bonchev–Trinajstić information content (AvgIpc) is 2.70. The number of benzene rings is 1. The molecule has 0 saturated carbocycles. The maximum Gasteiger partial charge on any atom is 0.403 e. The number of nitrogens with one attached hydrogen (secondary N) is 1. The van der Waals surface area contributed by atoms with Crippen LogP contribution in [0.25, 0.3) is 0 Å². The molecule has 0 amide bonds. The van der Waals surface area contributed by atoms with Crippen molar-refractivity contribution >= 4 is 39.8 Å². The van der Waals surface area contributed by atoms with Crippen molar-refractivity contribution in [2.45, 2.75) is 37.4 Å². The van der Waals surface area contributed by atoms with Gasteiger partial charge in [0, 0.05) is 39.3 Å². The first kappa shape index (κ1) is 27.0. The second-order valence-corrected chi connectivity index (χ2v) is 9.07. The summed E-state index contributed by atoms with van der Waals surface area (Å²) in [5.41, 5.74) is 0. The third-order valence-electron chi connectivity index (χ3n) is 4.91. The highest BCUT2D eigenvalue weighted by molar-refractivity contribution is 14.0. The molecule has 30 heavy (non-hydrogen) atoms. The van der Waals surface area contributed by atoms with Gasteiger partial charge in [0.1, 0.15) is 6.04 Å². The van der Waals surface area contributed by atoms with Crippen LogP contribution >= 0.6 is 24.0 Å². The van der Waals surface area contributed by atoms with Crippen LogP contribution in [0.3, 0.4) is 0 Å². The summed E-state index contributed by atoms with van der Waals surface area (Å²) in [7, 11) is -3.34. The van der Waals surface area contributed by atoms with Gasteiger partial charge in [0.2, 0.25) is 0 Å². The summed E-state index contributed by atoms with van der Waals surface area (Å²) in [5, 5.41) is 3.14. The van der Waals surface area contributed by atoms with E-state index in [9.17, 15) is 21.6 Å². The first-order valence-electron chi connectivity index (χ1n) is 9.77. The molecule has 0 aromatic heterocycles.